The summed E-state index contributed by atoms with van der Waals surface area (Å²) in [6.45, 7) is 0.778. The van der Waals surface area contributed by atoms with Crippen LogP contribution >= 0.6 is 15.9 Å². The second-order valence-electron chi connectivity index (χ2n) is 4.16. The maximum Gasteiger partial charge on any atom is 0.137 e. The zero-order chi connectivity index (χ0) is 11.5. The number of hydrogen-bond acceptors (Lipinski definition) is 2. The Hall–Kier alpha value is -0.450. The van der Waals surface area contributed by atoms with Gasteiger partial charge in [0.2, 0.25) is 0 Å². The molecule has 16 heavy (non-hydrogen) atoms. The van der Waals surface area contributed by atoms with Gasteiger partial charge in [0.05, 0.1) is 10.6 Å². The molecular weight excluding hydrogens is 273 g/mol. The Bertz CT molecular complexity index is 366. The average Bonchev–Trinajstić information content (AvgIpc) is 2.21. The molecule has 1 saturated carbocycles. The second-order valence-corrected chi connectivity index (χ2v) is 5.01. The number of methoxy groups -OCH3 is 1. The van der Waals surface area contributed by atoms with Crippen molar-refractivity contribution in [2.75, 3.05) is 7.11 Å². The Morgan fingerprint density at radius 2 is 2.25 bits per heavy atom. The summed E-state index contributed by atoms with van der Waals surface area (Å²) in [4.78, 5) is 0. The highest BCUT2D eigenvalue weighted by Crippen LogP contribution is 2.23. The van der Waals surface area contributed by atoms with Crippen LogP contribution in [0.15, 0.2) is 22.7 Å². The van der Waals surface area contributed by atoms with E-state index in [1.54, 1.807) is 13.2 Å². The summed E-state index contributed by atoms with van der Waals surface area (Å²) in [6, 6.07) is 5.64. The van der Waals surface area contributed by atoms with E-state index in [4.69, 9.17) is 4.74 Å². The van der Waals surface area contributed by atoms with Gasteiger partial charge in [-0.25, -0.2) is 4.39 Å². The quantitative estimate of drug-likeness (QED) is 0.920. The molecule has 1 fully saturated rings. The molecule has 0 saturated heterocycles. The molecular formula is C12H15BrFNO. The van der Waals surface area contributed by atoms with Gasteiger partial charge in [0.15, 0.2) is 0 Å². The van der Waals surface area contributed by atoms with Crippen molar-refractivity contribution in [3.63, 3.8) is 0 Å². The molecule has 0 unspecified atom stereocenters. The molecule has 1 aliphatic carbocycles. The molecule has 0 amide bonds. The van der Waals surface area contributed by atoms with E-state index in [0.29, 0.717) is 16.6 Å². The van der Waals surface area contributed by atoms with Gasteiger partial charge < -0.3 is 10.1 Å². The molecule has 1 aliphatic rings. The van der Waals surface area contributed by atoms with E-state index < -0.39 is 0 Å². The smallest absolute Gasteiger partial charge is 0.137 e. The Balaban J connectivity index is 1.80. The Labute approximate surface area is 103 Å². The summed E-state index contributed by atoms with van der Waals surface area (Å²) in [6.07, 6.45) is 2.55. The molecule has 0 aromatic heterocycles. The van der Waals surface area contributed by atoms with Crippen molar-refractivity contribution in [1.29, 1.82) is 0 Å². The molecule has 0 bridgehead atoms. The van der Waals surface area contributed by atoms with E-state index >= 15 is 0 Å². The van der Waals surface area contributed by atoms with E-state index in [2.05, 4.69) is 21.2 Å². The minimum atomic E-state index is -0.216. The third kappa shape index (κ3) is 2.81. The predicted molar refractivity (Wildman–Crippen MR) is 64.8 cm³/mol. The largest absolute Gasteiger partial charge is 0.381 e. The Kier molecular flexibility index (Phi) is 3.95. The van der Waals surface area contributed by atoms with Crippen molar-refractivity contribution in [2.24, 2.45) is 0 Å². The molecule has 0 spiro atoms. The lowest BCUT2D eigenvalue weighted by Crippen LogP contribution is -2.44. The van der Waals surface area contributed by atoms with Crippen molar-refractivity contribution in [1.82, 2.24) is 5.32 Å². The minimum absolute atomic E-state index is 0.216. The fourth-order valence-electron chi connectivity index (χ4n) is 1.84. The van der Waals surface area contributed by atoms with E-state index in [1.807, 2.05) is 6.07 Å². The molecule has 2 rings (SSSR count). The van der Waals surface area contributed by atoms with Crippen LogP contribution in [0, 0.1) is 5.82 Å². The molecule has 1 aromatic rings. The SMILES string of the molecule is COC1CC(NCc2ccc(F)c(Br)c2)C1. The maximum atomic E-state index is 13.0. The topological polar surface area (TPSA) is 21.3 Å². The molecule has 4 heteroatoms. The van der Waals surface area contributed by atoms with Crippen LogP contribution in [-0.4, -0.2) is 19.3 Å². The summed E-state index contributed by atoms with van der Waals surface area (Å²) < 4.78 is 18.7. The molecule has 0 heterocycles. The van der Waals surface area contributed by atoms with E-state index in [-0.39, 0.29) is 5.82 Å². The van der Waals surface area contributed by atoms with Crippen molar-refractivity contribution in [2.45, 2.75) is 31.5 Å². The molecule has 88 valence electrons. The van der Waals surface area contributed by atoms with Crippen LogP contribution in [0.25, 0.3) is 0 Å². The molecule has 1 N–H and O–H groups in total. The summed E-state index contributed by atoms with van der Waals surface area (Å²) >= 11 is 3.18. The molecule has 1 aromatic carbocycles. The van der Waals surface area contributed by atoms with Gasteiger partial charge >= 0.3 is 0 Å². The van der Waals surface area contributed by atoms with Crippen LogP contribution in [0.5, 0.6) is 0 Å². The molecule has 2 nitrogen and oxygen atoms in total. The van der Waals surface area contributed by atoms with Crippen molar-refractivity contribution in [3.8, 4) is 0 Å². The zero-order valence-electron chi connectivity index (χ0n) is 9.17. The average molecular weight is 288 g/mol. The van der Waals surface area contributed by atoms with Crippen LogP contribution in [0.3, 0.4) is 0 Å². The van der Waals surface area contributed by atoms with Crippen LogP contribution in [-0.2, 0) is 11.3 Å². The molecule has 0 aliphatic heterocycles. The third-order valence-corrected chi connectivity index (χ3v) is 3.61. The normalized spacial score (nSPS) is 24.2. The Morgan fingerprint density at radius 1 is 1.50 bits per heavy atom. The first-order chi connectivity index (χ1) is 7.69. The van der Waals surface area contributed by atoms with Gasteiger partial charge in [-0.3, -0.25) is 0 Å². The number of nitrogens with one attached hydrogen (secondary N) is 1. The summed E-state index contributed by atoms with van der Waals surface area (Å²) in [5.74, 6) is -0.216. The molecule has 0 radical (unpaired) electrons. The van der Waals surface area contributed by atoms with Crippen molar-refractivity contribution >= 4 is 15.9 Å². The molecule has 0 atom stereocenters. The second kappa shape index (κ2) is 5.25. The first-order valence-corrected chi connectivity index (χ1v) is 6.18. The van der Waals surface area contributed by atoms with Gasteiger partial charge in [-0.1, -0.05) is 6.07 Å². The number of halogens is 2. The third-order valence-electron chi connectivity index (χ3n) is 3.01. The van der Waals surface area contributed by atoms with Gasteiger partial charge in [-0.15, -0.1) is 0 Å². The van der Waals surface area contributed by atoms with Gasteiger partial charge in [0.1, 0.15) is 5.82 Å². The highest BCUT2D eigenvalue weighted by atomic mass is 79.9. The summed E-state index contributed by atoms with van der Waals surface area (Å²) in [5.41, 5.74) is 1.09. The lowest BCUT2D eigenvalue weighted by Gasteiger charge is -2.34. The van der Waals surface area contributed by atoms with E-state index in [1.165, 1.54) is 6.07 Å². The zero-order valence-corrected chi connectivity index (χ0v) is 10.8. The van der Waals surface area contributed by atoms with Crippen molar-refractivity contribution < 1.29 is 9.13 Å². The Morgan fingerprint density at radius 3 is 2.88 bits per heavy atom. The fourth-order valence-corrected chi connectivity index (χ4v) is 2.26. The van der Waals surface area contributed by atoms with E-state index in [9.17, 15) is 4.39 Å². The van der Waals surface area contributed by atoms with E-state index in [0.717, 1.165) is 24.9 Å². The highest BCUT2D eigenvalue weighted by molar-refractivity contribution is 9.10. The van der Waals surface area contributed by atoms with Crippen LogP contribution in [0.4, 0.5) is 4.39 Å². The summed E-state index contributed by atoms with van der Waals surface area (Å²) in [7, 11) is 1.75. The lowest BCUT2D eigenvalue weighted by molar-refractivity contribution is 0.0170. The van der Waals surface area contributed by atoms with Crippen LogP contribution in [0.2, 0.25) is 0 Å². The lowest BCUT2D eigenvalue weighted by atomic mass is 9.89. The van der Waals surface area contributed by atoms with Gasteiger partial charge in [-0.2, -0.15) is 0 Å². The number of ether oxygens (including phenoxy) is 1. The minimum Gasteiger partial charge on any atom is -0.381 e. The van der Waals surface area contributed by atoms with Crippen LogP contribution < -0.4 is 5.32 Å². The fraction of sp³-hybridized carbons (Fsp3) is 0.500. The maximum absolute atomic E-state index is 13.0. The highest BCUT2D eigenvalue weighted by Gasteiger charge is 2.28. The number of benzene rings is 1. The predicted octanol–water partition coefficient (Wildman–Crippen LogP) is 2.86. The van der Waals surface area contributed by atoms with Gasteiger partial charge in [0.25, 0.3) is 0 Å². The monoisotopic (exact) mass is 287 g/mol. The van der Waals surface area contributed by atoms with Gasteiger partial charge in [-0.05, 0) is 46.5 Å². The standard InChI is InChI=1S/C12H15BrFNO/c1-16-10-5-9(6-10)15-7-8-2-3-12(14)11(13)4-8/h2-4,9-10,15H,5-7H2,1H3. The van der Waals surface area contributed by atoms with Crippen molar-refractivity contribution in [3.05, 3.63) is 34.1 Å². The van der Waals surface area contributed by atoms with Gasteiger partial charge in [0, 0.05) is 19.7 Å². The van der Waals surface area contributed by atoms with Crippen LogP contribution in [0.1, 0.15) is 18.4 Å². The first kappa shape index (κ1) is 12.0. The summed E-state index contributed by atoms with van der Waals surface area (Å²) in [5, 5.41) is 3.42. The first-order valence-electron chi connectivity index (χ1n) is 5.39. The number of hydrogen-bond donors (Lipinski definition) is 1. The number of rotatable bonds is 4.